The largest absolute Gasteiger partial charge is 0.378 e. The molecule has 7 heteroatoms. The standard InChI is InChI=1S/C23H26N4O3/c1-15-10-18(11-16(2)25-15)21-5-4-20(27-6-8-29-9-7-27)12-19(21)13-24-23(28)22-14-30-26-17(22)3/h4-5,10-12,14H,6-9,13H2,1-3H3,(H,24,28). The predicted octanol–water partition coefficient (Wildman–Crippen LogP) is 3.43. The zero-order valence-corrected chi connectivity index (χ0v) is 17.6. The molecule has 1 aliphatic rings. The maximum Gasteiger partial charge on any atom is 0.256 e. The average Bonchev–Trinajstić information content (AvgIpc) is 3.18. The number of anilines is 1. The van der Waals surface area contributed by atoms with E-state index in [1.54, 1.807) is 6.92 Å². The second-order valence-corrected chi connectivity index (χ2v) is 7.58. The van der Waals surface area contributed by atoms with Crippen molar-refractivity contribution in [3.63, 3.8) is 0 Å². The van der Waals surface area contributed by atoms with Crippen LogP contribution in [0.15, 0.2) is 41.1 Å². The van der Waals surface area contributed by atoms with Crippen LogP contribution in [0.5, 0.6) is 0 Å². The SMILES string of the molecule is Cc1cc(-c2ccc(N3CCOCC3)cc2CNC(=O)c2conc2C)cc(C)n1. The van der Waals surface area contributed by atoms with E-state index in [2.05, 4.69) is 50.7 Å². The third kappa shape index (κ3) is 4.36. The van der Waals surface area contributed by atoms with Crippen LogP contribution in [0, 0.1) is 20.8 Å². The van der Waals surface area contributed by atoms with Crippen LogP contribution >= 0.6 is 0 Å². The lowest BCUT2D eigenvalue weighted by atomic mass is 9.97. The molecule has 2 aromatic heterocycles. The van der Waals surface area contributed by atoms with Gasteiger partial charge in [-0.3, -0.25) is 9.78 Å². The molecule has 0 saturated carbocycles. The van der Waals surface area contributed by atoms with Crippen LogP contribution in [0.25, 0.3) is 11.1 Å². The maximum absolute atomic E-state index is 12.6. The number of aryl methyl sites for hydroxylation is 3. The van der Waals surface area contributed by atoms with E-state index in [9.17, 15) is 4.79 Å². The van der Waals surface area contributed by atoms with E-state index in [0.29, 0.717) is 17.8 Å². The molecule has 1 aliphatic heterocycles. The number of hydrogen-bond acceptors (Lipinski definition) is 6. The highest BCUT2D eigenvalue weighted by Crippen LogP contribution is 2.29. The Kier molecular flexibility index (Phi) is 5.81. The van der Waals surface area contributed by atoms with Crippen molar-refractivity contribution >= 4 is 11.6 Å². The Morgan fingerprint density at radius 1 is 1.10 bits per heavy atom. The van der Waals surface area contributed by atoms with Gasteiger partial charge in [-0.2, -0.15) is 0 Å². The molecule has 0 bridgehead atoms. The third-order valence-electron chi connectivity index (χ3n) is 5.29. The number of rotatable bonds is 5. The van der Waals surface area contributed by atoms with Gasteiger partial charge in [0, 0.05) is 36.7 Å². The molecule has 30 heavy (non-hydrogen) atoms. The fourth-order valence-corrected chi connectivity index (χ4v) is 3.80. The van der Waals surface area contributed by atoms with Crippen LogP contribution in [0.2, 0.25) is 0 Å². The highest BCUT2D eigenvalue weighted by molar-refractivity contribution is 5.94. The molecule has 0 radical (unpaired) electrons. The van der Waals surface area contributed by atoms with Crippen molar-refractivity contribution in [3.8, 4) is 11.1 Å². The Bertz CT molecular complexity index is 1030. The molecule has 7 nitrogen and oxygen atoms in total. The van der Waals surface area contributed by atoms with Crippen LogP contribution in [0.1, 0.15) is 33.0 Å². The van der Waals surface area contributed by atoms with Crippen LogP contribution in [-0.4, -0.2) is 42.4 Å². The summed E-state index contributed by atoms with van der Waals surface area (Å²) in [7, 11) is 0. The van der Waals surface area contributed by atoms with Gasteiger partial charge in [0.25, 0.3) is 5.91 Å². The van der Waals surface area contributed by atoms with Gasteiger partial charge in [0.05, 0.1) is 18.9 Å². The van der Waals surface area contributed by atoms with Gasteiger partial charge >= 0.3 is 0 Å². The first kappa shape index (κ1) is 20.1. The number of pyridine rings is 1. The van der Waals surface area contributed by atoms with Gasteiger partial charge in [-0.1, -0.05) is 11.2 Å². The fraction of sp³-hybridized carbons (Fsp3) is 0.348. The predicted molar refractivity (Wildman–Crippen MR) is 115 cm³/mol. The monoisotopic (exact) mass is 406 g/mol. The quantitative estimate of drug-likeness (QED) is 0.699. The summed E-state index contributed by atoms with van der Waals surface area (Å²) in [4.78, 5) is 19.4. The molecular formula is C23H26N4O3. The second kappa shape index (κ2) is 8.67. The summed E-state index contributed by atoms with van der Waals surface area (Å²) in [6.45, 7) is 9.32. The molecule has 1 fully saturated rings. The number of carbonyl (C=O) groups is 1. The van der Waals surface area contributed by atoms with Crippen LogP contribution in [0.3, 0.4) is 0 Å². The van der Waals surface area contributed by atoms with E-state index < -0.39 is 0 Å². The molecule has 0 atom stereocenters. The van der Waals surface area contributed by atoms with E-state index in [-0.39, 0.29) is 5.91 Å². The highest BCUT2D eigenvalue weighted by Gasteiger charge is 2.17. The molecule has 0 spiro atoms. The lowest BCUT2D eigenvalue weighted by Gasteiger charge is -2.29. The molecular weight excluding hydrogens is 380 g/mol. The van der Waals surface area contributed by atoms with Gasteiger partial charge in [-0.15, -0.1) is 0 Å². The Morgan fingerprint density at radius 3 is 2.50 bits per heavy atom. The topological polar surface area (TPSA) is 80.5 Å². The van der Waals surface area contributed by atoms with Crippen LogP contribution in [0.4, 0.5) is 5.69 Å². The van der Waals surface area contributed by atoms with Gasteiger partial charge < -0.3 is 19.5 Å². The van der Waals surface area contributed by atoms with Crippen LogP contribution in [-0.2, 0) is 11.3 Å². The Labute approximate surface area is 176 Å². The zero-order valence-electron chi connectivity index (χ0n) is 17.6. The van der Waals surface area contributed by atoms with E-state index in [1.807, 2.05) is 13.8 Å². The summed E-state index contributed by atoms with van der Waals surface area (Å²) < 4.78 is 10.4. The zero-order chi connectivity index (χ0) is 21.1. The van der Waals surface area contributed by atoms with Crippen molar-refractivity contribution in [1.29, 1.82) is 0 Å². The number of nitrogens with one attached hydrogen (secondary N) is 1. The van der Waals surface area contributed by atoms with Crippen molar-refractivity contribution in [2.24, 2.45) is 0 Å². The molecule has 3 heterocycles. The number of morpholine rings is 1. The van der Waals surface area contributed by atoms with Gasteiger partial charge in [0.2, 0.25) is 0 Å². The highest BCUT2D eigenvalue weighted by atomic mass is 16.5. The van der Waals surface area contributed by atoms with Gasteiger partial charge in [0.1, 0.15) is 11.8 Å². The van der Waals surface area contributed by atoms with Crippen LogP contribution < -0.4 is 10.2 Å². The molecule has 156 valence electrons. The summed E-state index contributed by atoms with van der Waals surface area (Å²) in [6, 6.07) is 10.6. The molecule has 1 amide bonds. The first-order valence-electron chi connectivity index (χ1n) is 10.1. The van der Waals surface area contributed by atoms with Crippen molar-refractivity contribution in [2.75, 3.05) is 31.2 Å². The number of nitrogens with zero attached hydrogens (tertiary/aromatic N) is 3. The summed E-state index contributed by atoms with van der Waals surface area (Å²) in [6.07, 6.45) is 1.38. The van der Waals surface area contributed by atoms with E-state index in [4.69, 9.17) is 9.26 Å². The number of amides is 1. The van der Waals surface area contributed by atoms with Crippen molar-refractivity contribution in [2.45, 2.75) is 27.3 Å². The van der Waals surface area contributed by atoms with E-state index >= 15 is 0 Å². The second-order valence-electron chi connectivity index (χ2n) is 7.58. The fourth-order valence-electron chi connectivity index (χ4n) is 3.80. The maximum atomic E-state index is 12.6. The minimum Gasteiger partial charge on any atom is -0.378 e. The van der Waals surface area contributed by atoms with E-state index in [0.717, 1.165) is 60.1 Å². The summed E-state index contributed by atoms with van der Waals surface area (Å²) in [5, 5.41) is 6.81. The van der Waals surface area contributed by atoms with Crippen molar-refractivity contribution in [3.05, 3.63) is 64.8 Å². The van der Waals surface area contributed by atoms with Crippen molar-refractivity contribution < 1.29 is 14.1 Å². The third-order valence-corrected chi connectivity index (χ3v) is 5.29. The molecule has 1 aromatic carbocycles. The Morgan fingerprint density at radius 2 is 1.83 bits per heavy atom. The van der Waals surface area contributed by atoms with Gasteiger partial charge in [-0.05, 0) is 61.7 Å². The summed E-state index contributed by atoms with van der Waals surface area (Å²) in [5.74, 6) is -0.196. The number of benzene rings is 1. The minimum absolute atomic E-state index is 0.196. The molecule has 1 N–H and O–H groups in total. The van der Waals surface area contributed by atoms with Crippen molar-refractivity contribution in [1.82, 2.24) is 15.5 Å². The molecule has 1 saturated heterocycles. The average molecular weight is 406 g/mol. The lowest BCUT2D eigenvalue weighted by molar-refractivity contribution is 0.0950. The van der Waals surface area contributed by atoms with E-state index in [1.165, 1.54) is 6.26 Å². The first-order chi connectivity index (χ1) is 14.5. The number of ether oxygens (including phenoxy) is 1. The Hall–Kier alpha value is -3.19. The van der Waals surface area contributed by atoms with Gasteiger partial charge in [-0.25, -0.2) is 0 Å². The smallest absolute Gasteiger partial charge is 0.256 e. The first-order valence-corrected chi connectivity index (χ1v) is 10.1. The molecule has 4 rings (SSSR count). The summed E-state index contributed by atoms with van der Waals surface area (Å²) in [5.41, 5.74) is 7.34. The number of carbonyl (C=O) groups excluding carboxylic acids is 1. The van der Waals surface area contributed by atoms with Gasteiger partial charge in [0.15, 0.2) is 0 Å². The number of hydrogen-bond donors (Lipinski definition) is 1. The summed E-state index contributed by atoms with van der Waals surface area (Å²) >= 11 is 0. The lowest BCUT2D eigenvalue weighted by Crippen LogP contribution is -2.36. The normalized spacial score (nSPS) is 14.0. The molecule has 0 unspecified atom stereocenters. The molecule has 3 aromatic rings. The Balaban J connectivity index is 1.66. The molecule has 0 aliphatic carbocycles. The minimum atomic E-state index is -0.196. The number of aromatic nitrogens is 2.